The smallest absolute Gasteiger partial charge is 0.290 e. The number of aliphatic hydroxyl groups is 1. The molecule has 1 N–H and O–H groups in total. The molecule has 1 aromatic heterocycles. The quantitative estimate of drug-likeness (QED) is 0.657. The Bertz CT molecular complexity index is 985. The van der Waals surface area contributed by atoms with Gasteiger partial charge in [0, 0.05) is 13.1 Å². The second-order valence-electron chi connectivity index (χ2n) is 7.70. The average Bonchev–Trinajstić information content (AvgIpc) is 3.54. The predicted molar refractivity (Wildman–Crippen MR) is 116 cm³/mol. The topological polar surface area (TPSA) is 83.2 Å². The van der Waals surface area contributed by atoms with Crippen molar-refractivity contribution in [2.24, 2.45) is 0 Å². The first kappa shape index (κ1) is 20.9. The van der Waals surface area contributed by atoms with Crippen LogP contribution < -0.4 is 4.74 Å². The van der Waals surface area contributed by atoms with E-state index < -0.39 is 23.5 Å². The number of benzene rings is 1. The van der Waals surface area contributed by atoms with Gasteiger partial charge in [-0.1, -0.05) is 12.1 Å². The van der Waals surface area contributed by atoms with E-state index in [1.807, 2.05) is 12.1 Å². The number of amides is 1. The van der Waals surface area contributed by atoms with Crippen LogP contribution in [0.5, 0.6) is 5.75 Å². The second kappa shape index (κ2) is 9.22. The van der Waals surface area contributed by atoms with Gasteiger partial charge in [-0.3, -0.25) is 9.59 Å². The highest BCUT2D eigenvalue weighted by atomic mass is 16.5. The number of nitrogens with zero attached hydrogens (tertiary/aromatic N) is 2. The van der Waals surface area contributed by atoms with Gasteiger partial charge in [0.25, 0.3) is 5.91 Å². The van der Waals surface area contributed by atoms with Crippen molar-refractivity contribution in [3.63, 3.8) is 0 Å². The first-order valence-electron chi connectivity index (χ1n) is 10.4. The van der Waals surface area contributed by atoms with E-state index in [9.17, 15) is 14.7 Å². The van der Waals surface area contributed by atoms with Crippen molar-refractivity contribution < 1.29 is 23.8 Å². The summed E-state index contributed by atoms with van der Waals surface area (Å²) in [6.07, 6.45) is 6.69. The zero-order valence-corrected chi connectivity index (χ0v) is 17.5. The van der Waals surface area contributed by atoms with Gasteiger partial charge in [0.1, 0.15) is 11.5 Å². The van der Waals surface area contributed by atoms with Crippen molar-refractivity contribution in [2.75, 3.05) is 33.3 Å². The molecule has 31 heavy (non-hydrogen) atoms. The number of likely N-dealkylation sites (tertiary alicyclic amines) is 1. The normalized spacial score (nSPS) is 19.7. The molecule has 4 rings (SSSR count). The second-order valence-corrected chi connectivity index (χ2v) is 7.70. The molecule has 2 aromatic rings. The minimum atomic E-state index is -0.658. The van der Waals surface area contributed by atoms with Gasteiger partial charge in [0.2, 0.25) is 0 Å². The summed E-state index contributed by atoms with van der Waals surface area (Å²) in [5.41, 5.74) is 0.828. The van der Waals surface area contributed by atoms with Gasteiger partial charge in [-0.05, 0) is 67.9 Å². The highest BCUT2D eigenvalue weighted by molar-refractivity contribution is 6.14. The molecule has 3 heterocycles. The largest absolute Gasteiger partial charge is 0.503 e. The van der Waals surface area contributed by atoms with E-state index in [1.54, 1.807) is 36.3 Å². The SMILES string of the molecule is COc1ccc(C2C(C(=O)/C=C/c3ccco3)=C(O)C(=O)N2CCN2CCCC2)cc1. The summed E-state index contributed by atoms with van der Waals surface area (Å²) < 4.78 is 10.5. The van der Waals surface area contributed by atoms with E-state index in [0.29, 0.717) is 24.6 Å². The molecule has 0 saturated carbocycles. The van der Waals surface area contributed by atoms with Crippen LogP contribution in [0.15, 0.2) is 64.5 Å². The van der Waals surface area contributed by atoms with Crippen molar-refractivity contribution in [3.8, 4) is 5.75 Å². The Hall–Kier alpha value is -3.32. The third-order valence-electron chi connectivity index (χ3n) is 5.80. The lowest BCUT2D eigenvalue weighted by atomic mass is 9.95. The van der Waals surface area contributed by atoms with Crippen LogP contribution in [0.1, 0.15) is 30.2 Å². The molecule has 1 fully saturated rings. The molecule has 1 aromatic carbocycles. The number of ether oxygens (including phenoxy) is 1. The summed E-state index contributed by atoms with van der Waals surface area (Å²) in [4.78, 5) is 29.9. The molecule has 0 spiro atoms. The summed E-state index contributed by atoms with van der Waals surface area (Å²) in [6, 6.07) is 10.0. The van der Waals surface area contributed by atoms with Crippen molar-refractivity contribution in [1.29, 1.82) is 0 Å². The summed E-state index contributed by atoms with van der Waals surface area (Å²) in [7, 11) is 1.58. The summed E-state index contributed by atoms with van der Waals surface area (Å²) >= 11 is 0. The van der Waals surface area contributed by atoms with E-state index >= 15 is 0 Å². The van der Waals surface area contributed by atoms with Crippen molar-refractivity contribution in [3.05, 3.63) is 71.4 Å². The van der Waals surface area contributed by atoms with Crippen LogP contribution in [0.3, 0.4) is 0 Å². The lowest BCUT2D eigenvalue weighted by Gasteiger charge is -2.28. The molecule has 162 valence electrons. The van der Waals surface area contributed by atoms with E-state index in [-0.39, 0.29) is 5.57 Å². The van der Waals surface area contributed by atoms with Gasteiger partial charge in [0.15, 0.2) is 11.5 Å². The molecule has 0 bridgehead atoms. The summed E-state index contributed by atoms with van der Waals surface area (Å²) in [5, 5.41) is 10.7. The fourth-order valence-corrected chi connectivity index (χ4v) is 4.16. The van der Waals surface area contributed by atoms with E-state index in [2.05, 4.69) is 4.90 Å². The molecule has 1 atom stereocenters. The van der Waals surface area contributed by atoms with Crippen molar-refractivity contribution in [2.45, 2.75) is 18.9 Å². The van der Waals surface area contributed by atoms with Crippen molar-refractivity contribution >= 4 is 17.8 Å². The highest BCUT2D eigenvalue weighted by Gasteiger charge is 2.42. The first-order valence-corrected chi connectivity index (χ1v) is 10.4. The third kappa shape index (κ3) is 4.41. The third-order valence-corrected chi connectivity index (χ3v) is 5.80. The number of carbonyl (C=O) groups is 2. The van der Waals surface area contributed by atoms with Crippen LogP contribution in [-0.4, -0.2) is 59.9 Å². The number of hydrogen-bond donors (Lipinski definition) is 1. The van der Waals surface area contributed by atoms with Gasteiger partial charge in [-0.25, -0.2) is 0 Å². The first-order chi connectivity index (χ1) is 15.1. The van der Waals surface area contributed by atoms with Crippen LogP contribution in [-0.2, 0) is 9.59 Å². The fraction of sp³-hybridized carbons (Fsp3) is 0.333. The monoisotopic (exact) mass is 422 g/mol. The standard InChI is InChI=1S/C24H26N2O5/c1-30-18-8-6-17(7-9-18)22-21(20(27)11-10-19-5-4-16-31-19)23(28)24(29)26(22)15-14-25-12-2-3-13-25/h4-11,16,22,28H,2-3,12-15H2,1H3/b11-10+. The zero-order valence-electron chi connectivity index (χ0n) is 17.5. The van der Waals surface area contributed by atoms with Crippen LogP contribution in [0.4, 0.5) is 0 Å². The molecule has 2 aliphatic rings. The number of hydrogen-bond acceptors (Lipinski definition) is 6. The molecule has 1 saturated heterocycles. The number of methoxy groups -OCH3 is 1. The van der Waals surface area contributed by atoms with Gasteiger partial charge in [-0.2, -0.15) is 0 Å². The number of carbonyl (C=O) groups excluding carboxylic acids is 2. The number of rotatable bonds is 8. The zero-order chi connectivity index (χ0) is 21.8. The molecule has 7 heteroatoms. The Balaban J connectivity index is 1.63. The maximum absolute atomic E-state index is 13.0. The minimum Gasteiger partial charge on any atom is -0.503 e. The average molecular weight is 422 g/mol. The van der Waals surface area contributed by atoms with Gasteiger partial charge >= 0.3 is 0 Å². The molecule has 2 aliphatic heterocycles. The number of allylic oxidation sites excluding steroid dienone is 1. The van der Waals surface area contributed by atoms with Crippen LogP contribution in [0.2, 0.25) is 0 Å². The molecule has 1 unspecified atom stereocenters. The Morgan fingerprint density at radius 2 is 1.94 bits per heavy atom. The predicted octanol–water partition coefficient (Wildman–Crippen LogP) is 3.36. The summed E-state index contributed by atoms with van der Waals surface area (Å²) in [5.74, 6) is -0.238. The molecular formula is C24H26N2O5. The van der Waals surface area contributed by atoms with Gasteiger partial charge in [-0.15, -0.1) is 0 Å². The van der Waals surface area contributed by atoms with Crippen LogP contribution in [0.25, 0.3) is 6.08 Å². The number of aliphatic hydroxyl groups excluding tert-OH is 1. The summed E-state index contributed by atoms with van der Waals surface area (Å²) in [6.45, 7) is 3.15. The highest BCUT2D eigenvalue weighted by Crippen LogP contribution is 2.38. The lowest BCUT2D eigenvalue weighted by Crippen LogP contribution is -2.37. The Kier molecular flexibility index (Phi) is 6.23. The Labute approximate surface area is 181 Å². The fourth-order valence-electron chi connectivity index (χ4n) is 4.16. The number of ketones is 1. The minimum absolute atomic E-state index is 0.0828. The van der Waals surface area contributed by atoms with Crippen molar-refractivity contribution in [1.82, 2.24) is 9.80 Å². The maximum Gasteiger partial charge on any atom is 0.290 e. The molecular weight excluding hydrogens is 396 g/mol. The van der Waals surface area contributed by atoms with E-state index in [4.69, 9.17) is 9.15 Å². The van der Waals surface area contributed by atoms with Crippen LogP contribution in [0, 0.1) is 0 Å². The molecule has 1 amide bonds. The van der Waals surface area contributed by atoms with Crippen LogP contribution >= 0.6 is 0 Å². The van der Waals surface area contributed by atoms with E-state index in [1.165, 1.54) is 18.4 Å². The Morgan fingerprint density at radius 1 is 1.19 bits per heavy atom. The molecule has 0 aliphatic carbocycles. The Morgan fingerprint density at radius 3 is 2.58 bits per heavy atom. The molecule has 7 nitrogen and oxygen atoms in total. The van der Waals surface area contributed by atoms with Gasteiger partial charge in [0.05, 0.1) is 25.0 Å². The molecule has 0 radical (unpaired) electrons. The lowest BCUT2D eigenvalue weighted by molar-refractivity contribution is -0.129. The number of furan rings is 1. The van der Waals surface area contributed by atoms with E-state index in [0.717, 1.165) is 31.5 Å². The maximum atomic E-state index is 13.0. The van der Waals surface area contributed by atoms with Gasteiger partial charge < -0.3 is 24.1 Å².